The van der Waals surface area contributed by atoms with E-state index in [1.54, 1.807) is 59.0 Å². The lowest BCUT2D eigenvalue weighted by Crippen LogP contribution is -2.40. The fraction of sp³-hybridized carbons (Fsp3) is 0.452. The van der Waals surface area contributed by atoms with Crippen molar-refractivity contribution >= 4 is 38.9 Å². The Labute approximate surface area is 252 Å². The van der Waals surface area contributed by atoms with Gasteiger partial charge in [0.2, 0.25) is 10.0 Å². The average Bonchev–Trinajstić information content (AvgIpc) is 3.41. The van der Waals surface area contributed by atoms with Crippen molar-refractivity contribution in [1.29, 1.82) is 0 Å². The van der Waals surface area contributed by atoms with Gasteiger partial charge in [-0.1, -0.05) is 12.1 Å². The van der Waals surface area contributed by atoms with Crippen LogP contribution in [0.1, 0.15) is 59.4 Å². The van der Waals surface area contributed by atoms with Gasteiger partial charge in [0.15, 0.2) is 0 Å². The number of anilines is 1. The minimum absolute atomic E-state index is 0.0746. The van der Waals surface area contributed by atoms with Crippen LogP contribution in [0.5, 0.6) is 0 Å². The molecule has 3 N–H and O–H groups in total. The van der Waals surface area contributed by atoms with Crippen molar-refractivity contribution in [3.8, 4) is 21.0 Å². The molecule has 0 spiro atoms. The summed E-state index contributed by atoms with van der Waals surface area (Å²) in [6, 6.07) is 12.6. The number of benzene rings is 2. The number of thiazole rings is 1. The molecule has 226 valence electrons. The highest BCUT2D eigenvalue weighted by Crippen LogP contribution is 2.37. The number of rotatable bonds is 10. The normalized spacial score (nSPS) is 14.6. The molecule has 9 nitrogen and oxygen atoms in total. The van der Waals surface area contributed by atoms with Crippen molar-refractivity contribution in [3.05, 3.63) is 54.2 Å². The Balaban J connectivity index is 1.58. The summed E-state index contributed by atoms with van der Waals surface area (Å²) >= 11 is 1.38. The van der Waals surface area contributed by atoms with E-state index in [0.717, 1.165) is 37.1 Å². The van der Waals surface area contributed by atoms with Crippen LogP contribution in [0.15, 0.2) is 53.6 Å². The van der Waals surface area contributed by atoms with Crippen LogP contribution >= 0.6 is 11.3 Å². The molecule has 0 atom stereocenters. The minimum Gasteiger partial charge on any atom is -0.447 e. The maximum atomic E-state index is 13.6. The summed E-state index contributed by atoms with van der Waals surface area (Å²) in [5, 5.41) is 6.69. The quantitative estimate of drug-likeness (QED) is 0.256. The van der Waals surface area contributed by atoms with Crippen LogP contribution in [0.3, 0.4) is 0 Å². The fourth-order valence-electron chi connectivity index (χ4n) is 4.81. The predicted molar refractivity (Wildman–Crippen MR) is 167 cm³/mol. The lowest BCUT2D eigenvalue weighted by molar-refractivity contribution is -0.123. The molecular weight excluding hydrogens is 572 g/mol. The van der Waals surface area contributed by atoms with Crippen molar-refractivity contribution in [1.82, 2.24) is 15.0 Å². The SMILES string of the molecule is CC(C)OC(=O)Nc1ccc(-c2ncc(-c3ccc(CCC(=O)C4CCNCC4)cc3S(=O)(=O)NC(C)(C)C)s2)cc1. The Hall–Kier alpha value is -3.12. The first kappa shape index (κ1) is 31.8. The molecule has 1 aliphatic heterocycles. The van der Waals surface area contributed by atoms with E-state index in [1.807, 2.05) is 24.3 Å². The topological polar surface area (TPSA) is 126 Å². The lowest BCUT2D eigenvalue weighted by Gasteiger charge is -2.22. The largest absolute Gasteiger partial charge is 0.447 e. The second kappa shape index (κ2) is 13.5. The third kappa shape index (κ3) is 8.70. The summed E-state index contributed by atoms with van der Waals surface area (Å²) in [6.07, 6.45) is 3.51. The van der Waals surface area contributed by atoms with Gasteiger partial charge in [0.25, 0.3) is 0 Å². The van der Waals surface area contributed by atoms with Crippen LogP contribution in [0.25, 0.3) is 21.0 Å². The number of sulfonamides is 1. The number of ketones is 1. The van der Waals surface area contributed by atoms with E-state index in [2.05, 4.69) is 20.3 Å². The molecule has 3 aromatic rings. The van der Waals surface area contributed by atoms with E-state index in [9.17, 15) is 18.0 Å². The molecule has 2 aromatic carbocycles. The van der Waals surface area contributed by atoms with E-state index in [4.69, 9.17) is 4.74 Å². The van der Waals surface area contributed by atoms with Crippen LogP contribution < -0.4 is 15.4 Å². The smallest absolute Gasteiger partial charge is 0.411 e. The average molecular weight is 613 g/mol. The highest BCUT2D eigenvalue weighted by molar-refractivity contribution is 7.89. The number of carbonyl (C=O) groups is 2. The number of ether oxygens (including phenoxy) is 1. The molecule has 0 aliphatic carbocycles. The first-order chi connectivity index (χ1) is 19.8. The van der Waals surface area contributed by atoms with Crippen molar-refractivity contribution in [3.63, 3.8) is 0 Å². The van der Waals surface area contributed by atoms with E-state index in [0.29, 0.717) is 34.0 Å². The summed E-state index contributed by atoms with van der Waals surface area (Å²) in [4.78, 5) is 30.1. The highest BCUT2D eigenvalue weighted by atomic mass is 32.2. The molecule has 1 saturated heterocycles. The molecular formula is C31H40N4O5S2. The zero-order valence-corrected chi connectivity index (χ0v) is 26.5. The molecule has 1 aliphatic rings. The zero-order chi connectivity index (χ0) is 30.5. The van der Waals surface area contributed by atoms with Gasteiger partial charge in [-0.15, -0.1) is 11.3 Å². The molecule has 1 aromatic heterocycles. The summed E-state index contributed by atoms with van der Waals surface area (Å²) in [5.74, 6) is 0.313. The number of amides is 1. The number of carbonyl (C=O) groups excluding carboxylic acids is 2. The number of nitrogens with zero attached hydrogens (tertiary/aromatic N) is 1. The first-order valence-electron chi connectivity index (χ1n) is 14.3. The van der Waals surface area contributed by atoms with Crippen LogP contribution in [-0.2, 0) is 26.0 Å². The molecule has 0 saturated carbocycles. The van der Waals surface area contributed by atoms with E-state index >= 15 is 0 Å². The van der Waals surface area contributed by atoms with Gasteiger partial charge in [-0.25, -0.2) is 22.9 Å². The van der Waals surface area contributed by atoms with Crippen LogP contribution in [0.2, 0.25) is 0 Å². The number of nitrogens with one attached hydrogen (secondary N) is 3. The van der Waals surface area contributed by atoms with Crippen LogP contribution in [0, 0.1) is 5.92 Å². The number of piperidine rings is 1. The monoisotopic (exact) mass is 612 g/mol. The Morgan fingerprint density at radius 2 is 1.79 bits per heavy atom. The molecule has 0 bridgehead atoms. The Bertz CT molecular complexity index is 1500. The summed E-state index contributed by atoms with van der Waals surface area (Å²) in [6.45, 7) is 10.7. The molecule has 11 heteroatoms. The fourth-order valence-corrected chi connectivity index (χ4v) is 7.53. The Morgan fingerprint density at radius 3 is 2.43 bits per heavy atom. The van der Waals surface area contributed by atoms with Gasteiger partial charge < -0.3 is 10.1 Å². The Kier molecular flexibility index (Phi) is 10.2. The minimum atomic E-state index is -3.88. The van der Waals surface area contributed by atoms with Crippen molar-refractivity contribution in [2.24, 2.45) is 5.92 Å². The number of hydrogen-bond acceptors (Lipinski definition) is 8. The number of aryl methyl sites for hydroxylation is 1. The van der Waals surface area contributed by atoms with Gasteiger partial charge >= 0.3 is 6.09 Å². The van der Waals surface area contributed by atoms with Gasteiger partial charge in [-0.2, -0.15) is 0 Å². The van der Waals surface area contributed by atoms with Gasteiger partial charge in [0.1, 0.15) is 10.8 Å². The van der Waals surface area contributed by atoms with E-state index in [-0.39, 0.29) is 22.7 Å². The third-order valence-corrected chi connectivity index (χ3v) is 9.60. The standard InChI is InChI=1S/C31H40N4O5S2/c1-20(2)40-30(37)34-24-10-8-23(9-11-24)29-33-19-27(41-29)25-12-6-21(7-13-26(36)22-14-16-32-17-15-22)18-28(25)42(38,39)35-31(3,4)5/h6,8-12,18-20,22,32,35H,7,13-17H2,1-5H3,(H,34,37). The van der Waals surface area contributed by atoms with Crippen molar-refractivity contribution in [2.75, 3.05) is 18.4 Å². The van der Waals surface area contributed by atoms with Gasteiger partial charge in [0, 0.05) is 40.9 Å². The maximum Gasteiger partial charge on any atom is 0.411 e. The van der Waals surface area contributed by atoms with Crippen LogP contribution in [-0.4, -0.2) is 50.0 Å². The Morgan fingerprint density at radius 1 is 1.10 bits per heavy atom. The zero-order valence-electron chi connectivity index (χ0n) is 24.8. The van der Waals surface area contributed by atoms with Crippen molar-refractivity contribution < 1.29 is 22.7 Å². The van der Waals surface area contributed by atoms with Gasteiger partial charge in [0.05, 0.1) is 15.9 Å². The number of aromatic nitrogens is 1. The molecule has 2 heterocycles. The molecule has 0 radical (unpaired) electrons. The van der Waals surface area contributed by atoms with Crippen LogP contribution in [0.4, 0.5) is 10.5 Å². The molecule has 1 fully saturated rings. The van der Waals surface area contributed by atoms with E-state index < -0.39 is 21.7 Å². The molecule has 42 heavy (non-hydrogen) atoms. The lowest BCUT2D eigenvalue weighted by atomic mass is 9.90. The van der Waals surface area contributed by atoms with Crippen molar-refractivity contribution in [2.45, 2.75) is 76.8 Å². The number of hydrogen-bond donors (Lipinski definition) is 3. The molecule has 4 rings (SSSR count). The molecule has 1 amide bonds. The molecule has 0 unspecified atom stereocenters. The second-order valence-electron chi connectivity index (χ2n) is 11.9. The summed E-state index contributed by atoms with van der Waals surface area (Å²) in [5.41, 5.74) is 2.11. The predicted octanol–water partition coefficient (Wildman–Crippen LogP) is 6.01. The van der Waals surface area contributed by atoms with Gasteiger partial charge in [-0.3, -0.25) is 10.1 Å². The highest BCUT2D eigenvalue weighted by Gasteiger charge is 2.27. The number of Topliss-reactive ketones (excluding diaryl/α,β-unsaturated/α-hetero) is 1. The summed E-state index contributed by atoms with van der Waals surface area (Å²) in [7, 11) is -3.88. The first-order valence-corrected chi connectivity index (χ1v) is 16.6. The van der Waals surface area contributed by atoms with Gasteiger partial charge in [-0.05, 0) is 103 Å². The summed E-state index contributed by atoms with van der Waals surface area (Å²) < 4.78 is 35.1. The second-order valence-corrected chi connectivity index (χ2v) is 14.5. The third-order valence-electron chi connectivity index (χ3n) is 6.72. The maximum absolute atomic E-state index is 13.6. The van der Waals surface area contributed by atoms with E-state index in [1.165, 1.54) is 11.3 Å².